The molecule has 180 valence electrons. The largest absolute Gasteiger partial charge is 0.492 e. The fraction of sp³-hybridized carbons (Fsp3) is 0.440. The summed E-state index contributed by atoms with van der Waals surface area (Å²) in [5.41, 5.74) is 1.35. The van der Waals surface area contributed by atoms with Gasteiger partial charge in [0.2, 0.25) is 5.91 Å². The Bertz CT molecular complexity index is 840. The van der Waals surface area contributed by atoms with E-state index in [1.807, 2.05) is 30.3 Å². The van der Waals surface area contributed by atoms with E-state index in [1.165, 1.54) is 5.56 Å². The van der Waals surface area contributed by atoms with Crippen LogP contribution in [0.5, 0.6) is 5.75 Å². The average Bonchev–Trinajstić information content (AvgIpc) is 2.82. The molecule has 1 aliphatic heterocycles. The molecule has 0 radical (unpaired) electrons. The molecule has 1 saturated heterocycles. The number of benzene rings is 2. The number of nitrogens with zero attached hydrogens (tertiary/aromatic N) is 3. The zero-order valence-corrected chi connectivity index (χ0v) is 21.9. The predicted octanol–water partition coefficient (Wildman–Crippen LogP) is 2.97. The fourth-order valence-electron chi connectivity index (χ4n) is 3.57. The number of carbonyl (C=O) groups is 1. The number of piperidine rings is 1. The highest BCUT2D eigenvalue weighted by Gasteiger charge is 2.20. The molecule has 1 aliphatic rings. The van der Waals surface area contributed by atoms with Crippen LogP contribution in [0.2, 0.25) is 0 Å². The van der Waals surface area contributed by atoms with Gasteiger partial charge in [0.05, 0.1) is 6.54 Å². The van der Waals surface area contributed by atoms with E-state index >= 15 is 0 Å². The third-order valence-electron chi connectivity index (χ3n) is 5.46. The van der Waals surface area contributed by atoms with E-state index in [1.54, 1.807) is 19.0 Å². The van der Waals surface area contributed by atoms with E-state index in [9.17, 15) is 4.79 Å². The van der Waals surface area contributed by atoms with Crippen LogP contribution < -0.4 is 15.4 Å². The first-order valence-electron chi connectivity index (χ1n) is 11.3. The molecule has 2 aromatic rings. The van der Waals surface area contributed by atoms with Crippen molar-refractivity contribution in [3.8, 4) is 5.75 Å². The van der Waals surface area contributed by atoms with Crippen molar-refractivity contribution in [2.75, 3.05) is 46.9 Å². The number of halogens is 1. The lowest BCUT2D eigenvalue weighted by Crippen LogP contribution is -2.49. The van der Waals surface area contributed by atoms with E-state index < -0.39 is 0 Å². The number of hydrogen-bond donors (Lipinski definition) is 2. The van der Waals surface area contributed by atoms with Gasteiger partial charge in [-0.05, 0) is 30.5 Å². The topological polar surface area (TPSA) is 69.2 Å². The fourth-order valence-corrected chi connectivity index (χ4v) is 3.57. The summed E-state index contributed by atoms with van der Waals surface area (Å²) in [5.74, 6) is 1.48. The van der Waals surface area contributed by atoms with Gasteiger partial charge in [0.25, 0.3) is 0 Å². The molecule has 0 saturated carbocycles. The zero-order valence-electron chi connectivity index (χ0n) is 19.6. The first kappa shape index (κ1) is 26.9. The number of amides is 1. The lowest BCUT2D eigenvalue weighted by molar-refractivity contribution is -0.127. The van der Waals surface area contributed by atoms with Gasteiger partial charge in [-0.1, -0.05) is 48.5 Å². The van der Waals surface area contributed by atoms with E-state index in [4.69, 9.17) is 4.74 Å². The van der Waals surface area contributed by atoms with Crippen molar-refractivity contribution < 1.29 is 9.53 Å². The average molecular weight is 566 g/mol. The van der Waals surface area contributed by atoms with Crippen molar-refractivity contribution in [3.05, 3.63) is 66.2 Å². The number of likely N-dealkylation sites (tertiary alicyclic amines) is 1. The molecule has 0 atom stereocenters. The molecule has 0 bridgehead atoms. The number of likely N-dealkylation sites (N-methyl/N-ethyl adjacent to an activating group) is 1. The Morgan fingerprint density at radius 1 is 1.06 bits per heavy atom. The third kappa shape index (κ3) is 10.00. The summed E-state index contributed by atoms with van der Waals surface area (Å²) < 4.78 is 5.75. The molecule has 2 aromatic carbocycles. The highest BCUT2D eigenvalue weighted by atomic mass is 127. The van der Waals surface area contributed by atoms with Gasteiger partial charge in [-0.25, -0.2) is 4.99 Å². The summed E-state index contributed by atoms with van der Waals surface area (Å²) in [5, 5.41) is 6.83. The molecule has 7 nitrogen and oxygen atoms in total. The van der Waals surface area contributed by atoms with Crippen LogP contribution in [0.1, 0.15) is 18.4 Å². The summed E-state index contributed by atoms with van der Waals surface area (Å²) in [6.45, 7) is 4.29. The van der Waals surface area contributed by atoms with Gasteiger partial charge in [0.1, 0.15) is 18.9 Å². The Hall–Kier alpha value is -2.33. The summed E-state index contributed by atoms with van der Waals surface area (Å²) in [7, 11) is 3.49. The minimum Gasteiger partial charge on any atom is -0.492 e. The van der Waals surface area contributed by atoms with Crippen LogP contribution in [-0.2, 0) is 11.3 Å². The number of para-hydroxylation sites is 1. The van der Waals surface area contributed by atoms with Crippen LogP contribution in [-0.4, -0.2) is 74.6 Å². The maximum atomic E-state index is 12.0. The standard InChI is InChI=1S/C25H35N5O2.HI/c1-29(2)24(31)19-27-25(26-15-18-32-23-11-7-4-8-12-23)28-22-13-16-30(17-14-22)20-21-9-5-3-6-10-21;/h3-12,22H,13-20H2,1-2H3,(H2,26,27,28);1H. The van der Waals surface area contributed by atoms with E-state index in [0.29, 0.717) is 25.2 Å². The van der Waals surface area contributed by atoms with Crippen LogP contribution in [0.25, 0.3) is 0 Å². The first-order valence-corrected chi connectivity index (χ1v) is 11.3. The Morgan fingerprint density at radius 2 is 1.70 bits per heavy atom. The van der Waals surface area contributed by atoms with Gasteiger partial charge < -0.3 is 20.3 Å². The van der Waals surface area contributed by atoms with E-state index in [2.05, 4.69) is 50.9 Å². The number of nitrogens with one attached hydrogen (secondary N) is 2. The van der Waals surface area contributed by atoms with Crippen molar-refractivity contribution >= 4 is 35.8 Å². The molecular weight excluding hydrogens is 529 g/mol. The summed E-state index contributed by atoms with van der Waals surface area (Å²) >= 11 is 0. The number of aliphatic imine (C=N–C) groups is 1. The number of guanidine groups is 1. The minimum absolute atomic E-state index is 0. The van der Waals surface area contributed by atoms with Gasteiger partial charge in [-0.15, -0.1) is 24.0 Å². The molecule has 2 N–H and O–H groups in total. The Morgan fingerprint density at radius 3 is 2.33 bits per heavy atom. The molecular formula is C25H36IN5O2. The summed E-state index contributed by atoms with van der Waals surface area (Å²) in [6, 6.07) is 20.7. The number of rotatable bonds is 9. The van der Waals surface area contributed by atoms with Crippen LogP contribution in [0.3, 0.4) is 0 Å². The minimum atomic E-state index is -0.0238. The first-order chi connectivity index (χ1) is 15.6. The molecule has 0 aromatic heterocycles. The monoisotopic (exact) mass is 565 g/mol. The lowest BCUT2D eigenvalue weighted by Gasteiger charge is -2.33. The molecule has 0 aliphatic carbocycles. The highest BCUT2D eigenvalue weighted by molar-refractivity contribution is 14.0. The highest BCUT2D eigenvalue weighted by Crippen LogP contribution is 2.14. The van der Waals surface area contributed by atoms with Crippen molar-refractivity contribution in [1.82, 2.24) is 20.4 Å². The van der Waals surface area contributed by atoms with E-state index in [0.717, 1.165) is 38.2 Å². The van der Waals surface area contributed by atoms with Crippen LogP contribution in [0.15, 0.2) is 65.7 Å². The molecule has 0 spiro atoms. The van der Waals surface area contributed by atoms with Crippen molar-refractivity contribution in [1.29, 1.82) is 0 Å². The van der Waals surface area contributed by atoms with Gasteiger partial charge in [-0.3, -0.25) is 9.69 Å². The van der Waals surface area contributed by atoms with Gasteiger partial charge >= 0.3 is 0 Å². The maximum Gasteiger partial charge on any atom is 0.243 e. The van der Waals surface area contributed by atoms with E-state index in [-0.39, 0.29) is 36.4 Å². The third-order valence-corrected chi connectivity index (χ3v) is 5.46. The predicted molar refractivity (Wildman–Crippen MR) is 144 cm³/mol. The van der Waals surface area contributed by atoms with Gasteiger partial charge in [0.15, 0.2) is 5.96 Å². The smallest absolute Gasteiger partial charge is 0.243 e. The normalized spacial score (nSPS) is 14.8. The molecule has 0 unspecified atom stereocenters. The van der Waals surface area contributed by atoms with Crippen LogP contribution in [0, 0.1) is 0 Å². The van der Waals surface area contributed by atoms with Gasteiger partial charge in [0, 0.05) is 39.8 Å². The Labute approximate surface area is 214 Å². The SMILES string of the molecule is CN(C)C(=O)CN=C(NCCOc1ccccc1)NC1CCN(Cc2ccccc2)CC1.I. The van der Waals surface area contributed by atoms with Crippen molar-refractivity contribution in [2.24, 2.45) is 4.99 Å². The molecule has 3 rings (SSSR count). The van der Waals surface area contributed by atoms with Crippen molar-refractivity contribution in [3.63, 3.8) is 0 Å². The number of carbonyl (C=O) groups excluding carboxylic acids is 1. The zero-order chi connectivity index (χ0) is 22.6. The van der Waals surface area contributed by atoms with Gasteiger partial charge in [-0.2, -0.15) is 0 Å². The Balaban J connectivity index is 0.00000385. The van der Waals surface area contributed by atoms with Crippen molar-refractivity contribution in [2.45, 2.75) is 25.4 Å². The van der Waals surface area contributed by atoms with Crippen LogP contribution >= 0.6 is 24.0 Å². The summed E-state index contributed by atoms with van der Waals surface area (Å²) in [6.07, 6.45) is 2.07. The second-order valence-corrected chi connectivity index (χ2v) is 8.22. The maximum absolute atomic E-state index is 12.0. The second-order valence-electron chi connectivity index (χ2n) is 8.22. The molecule has 1 fully saturated rings. The molecule has 1 amide bonds. The lowest BCUT2D eigenvalue weighted by atomic mass is 10.0. The number of ether oxygens (including phenoxy) is 1. The Kier molecular flexibility index (Phi) is 12.0. The molecule has 8 heteroatoms. The second kappa shape index (κ2) is 14.7. The quantitative estimate of drug-likeness (QED) is 0.212. The van der Waals surface area contributed by atoms with Crippen LogP contribution in [0.4, 0.5) is 0 Å². The number of hydrogen-bond acceptors (Lipinski definition) is 4. The summed E-state index contributed by atoms with van der Waals surface area (Å²) in [4.78, 5) is 20.6. The molecule has 33 heavy (non-hydrogen) atoms. The molecule has 1 heterocycles.